The molecule has 0 saturated heterocycles. The van der Waals surface area contributed by atoms with Crippen LogP contribution in [-0.4, -0.2) is 23.4 Å². The molecule has 2 aromatic rings. The van der Waals surface area contributed by atoms with Gasteiger partial charge in [0.25, 0.3) is 5.91 Å². The third-order valence-corrected chi connectivity index (χ3v) is 2.62. The van der Waals surface area contributed by atoms with Crippen LogP contribution >= 0.6 is 0 Å². The van der Waals surface area contributed by atoms with Crippen LogP contribution in [0.5, 0.6) is 5.75 Å². The molecule has 2 rings (SSSR count). The molecule has 1 N–H and O–H groups in total. The quantitative estimate of drug-likeness (QED) is 0.560. The number of benzene rings is 1. The number of halogens is 1. The van der Waals surface area contributed by atoms with Crippen LogP contribution in [0.15, 0.2) is 36.5 Å². The van der Waals surface area contributed by atoms with Gasteiger partial charge in [-0.05, 0) is 23.3 Å². The summed E-state index contributed by atoms with van der Waals surface area (Å²) in [7, 11) is 0. The molecular formula is C14H9FN2Na2O4. The third-order valence-electron chi connectivity index (χ3n) is 2.62. The second-order valence-corrected chi connectivity index (χ2v) is 4.14. The van der Waals surface area contributed by atoms with Crippen molar-refractivity contribution in [2.45, 2.75) is 0 Å². The zero-order chi connectivity index (χ0) is 15.4. The van der Waals surface area contributed by atoms with Gasteiger partial charge in [0, 0.05) is 6.20 Å². The molecule has 23 heavy (non-hydrogen) atoms. The number of carboxylic acids is 1. The second kappa shape index (κ2) is 10.0. The number of rotatable bonds is 4. The number of hydrogen-bond donors (Lipinski definition) is 1. The number of aliphatic carboxylic acids is 1. The normalized spacial score (nSPS) is 9.26. The minimum Gasteiger partial charge on any atom is -0.871 e. The van der Waals surface area contributed by atoms with Crippen LogP contribution in [0.4, 0.5) is 4.39 Å². The summed E-state index contributed by atoms with van der Waals surface area (Å²) in [5, 5.41) is 24.0. The van der Waals surface area contributed by atoms with Crippen molar-refractivity contribution in [1.82, 2.24) is 10.3 Å². The van der Waals surface area contributed by atoms with Gasteiger partial charge < -0.3 is 20.3 Å². The van der Waals surface area contributed by atoms with E-state index in [9.17, 15) is 24.2 Å². The van der Waals surface area contributed by atoms with Crippen molar-refractivity contribution in [3.8, 4) is 16.9 Å². The fourth-order valence-corrected chi connectivity index (χ4v) is 1.68. The van der Waals surface area contributed by atoms with E-state index < -0.39 is 35.7 Å². The van der Waals surface area contributed by atoms with E-state index in [1.54, 1.807) is 6.07 Å². The van der Waals surface area contributed by atoms with Gasteiger partial charge in [-0.3, -0.25) is 9.78 Å². The topological polar surface area (TPSA) is 105 Å². The fraction of sp³-hybridized carbons (Fsp3) is 0.0714. The minimum atomic E-state index is -1.48. The number of carboxylic acid groups (broad SMARTS) is 1. The molecule has 0 atom stereocenters. The van der Waals surface area contributed by atoms with E-state index >= 15 is 0 Å². The maximum atomic E-state index is 13.1. The van der Waals surface area contributed by atoms with Crippen LogP contribution in [0.2, 0.25) is 0 Å². The van der Waals surface area contributed by atoms with Crippen molar-refractivity contribution in [1.29, 1.82) is 0 Å². The van der Waals surface area contributed by atoms with Crippen molar-refractivity contribution < 1.29 is 83.3 Å². The Morgan fingerprint density at radius 3 is 2.43 bits per heavy atom. The van der Waals surface area contributed by atoms with E-state index in [0.717, 1.165) is 6.07 Å². The average molecular weight is 334 g/mol. The summed E-state index contributed by atoms with van der Waals surface area (Å²) < 4.78 is 13.1. The standard InChI is InChI=1S/C14H11FN2O4.2Na/c15-10-3-1-2-8(4-10)9-5-11(18)13(16-6-9)14(21)17-7-12(19)20;;/h1-6,18H,7H2,(H,17,21)(H,19,20);;/q;2*+1/p-2. The second-order valence-electron chi connectivity index (χ2n) is 4.14. The van der Waals surface area contributed by atoms with Crippen LogP contribution < -0.4 is 74.6 Å². The van der Waals surface area contributed by atoms with Gasteiger partial charge in [0.2, 0.25) is 0 Å². The SMILES string of the molecule is O=C([O-])CNC(=O)c1ncc(-c2cccc(F)c2)cc1[O-].[Na+].[Na+]. The number of pyridine rings is 1. The summed E-state index contributed by atoms with van der Waals surface area (Å²) in [4.78, 5) is 25.5. The van der Waals surface area contributed by atoms with E-state index in [1.165, 1.54) is 24.4 Å². The van der Waals surface area contributed by atoms with Crippen LogP contribution in [0.1, 0.15) is 10.5 Å². The van der Waals surface area contributed by atoms with Gasteiger partial charge in [0.1, 0.15) is 11.5 Å². The Hall–Kier alpha value is -0.960. The van der Waals surface area contributed by atoms with E-state index in [-0.39, 0.29) is 59.1 Å². The molecule has 0 aliphatic carbocycles. The molecule has 0 aliphatic rings. The number of aromatic nitrogens is 1. The summed E-state index contributed by atoms with van der Waals surface area (Å²) >= 11 is 0. The predicted molar refractivity (Wildman–Crippen MR) is 66.4 cm³/mol. The zero-order valence-electron chi connectivity index (χ0n) is 12.6. The van der Waals surface area contributed by atoms with Crippen molar-refractivity contribution >= 4 is 11.9 Å². The van der Waals surface area contributed by atoms with E-state index in [4.69, 9.17) is 0 Å². The predicted octanol–water partition coefficient (Wildman–Crippen LogP) is -6.55. The smallest absolute Gasteiger partial charge is 0.871 e. The molecular weight excluding hydrogens is 325 g/mol. The largest absolute Gasteiger partial charge is 1.00 e. The Bertz CT molecular complexity index is 713. The summed E-state index contributed by atoms with van der Waals surface area (Å²) in [6.45, 7) is -0.717. The molecule has 1 aromatic carbocycles. The van der Waals surface area contributed by atoms with E-state index in [0.29, 0.717) is 11.1 Å². The number of hydrogen-bond acceptors (Lipinski definition) is 5. The van der Waals surface area contributed by atoms with Crippen LogP contribution in [-0.2, 0) is 4.79 Å². The average Bonchev–Trinajstić information content (AvgIpc) is 2.44. The minimum absolute atomic E-state index is 0. The Morgan fingerprint density at radius 1 is 1.17 bits per heavy atom. The Balaban J connectivity index is 0.00000242. The summed E-state index contributed by atoms with van der Waals surface area (Å²) in [6, 6.07) is 6.70. The van der Waals surface area contributed by atoms with Crippen molar-refractivity contribution in [3.05, 3.63) is 48.0 Å². The molecule has 0 unspecified atom stereocenters. The van der Waals surface area contributed by atoms with Gasteiger partial charge in [0.15, 0.2) is 0 Å². The zero-order valence-corrected chi connectivity index (χ0v) is 16.6. The number of nitrogens with zero attached hydrogens (tertiary/aromatic N) is 1. The third kappa shape index (κ3) is 6.21. The molecule has 0 fully saturated rings. The Labute approximate surface area is 175 Å². The first kappa shape index (κ1) is 22.0. The molecule has 0 aliphatic heterocycles. The van der Waals surface area contributed by atoms with Crippen molar-refractivity contribution in [2.24, 2.45) is 0 Å². The summed E-state index contributed by atoms with van der Waals surface area (Å²) in [5.74, 6) is -3.54. The first-order valence-corrected chi connectivity index (χ1v) is 5.88. The van der Waals surface area contributed by atoms with Crippen LogP contribution in [0.25, 0.3) is 11.1 Å². The Morgan fingerprint density at radius 2 is 1.87 bits per heavy atom. The molecule has 0 saturated carbocycles. The molecule has 0 spiro atoms. The molecule has 0 radical (unpaired) electrons. The fourth-order valence-electron chi connectivity index (χ4n) is 1.68. The summed E-state index contributed by atoms with van der Waals surface area (Å²) in [5.41, 5.74) is 0.369. The van der Waals surface area contributed by atoms with Gasteiger partial charge >= 0.3 is 59.1 Å². The van der Waals surface area contributed by atoms with Crippen molar-refractivity contribution in [3.63, 3.8) is 0 Å². The molecule has 1 amide bonds. The molecule has 0 bridgehead atoms. The maximum Gasteiger partial charge on any atom is 1.00 e. The number of amides is 1. The summed E-state index contributed by atoms with van der Waals surface area (Å²) in [6.07, 6.45) is 1.24. The van der Waals surface area contributed by atoms with Crippen molar-refractivity contribution in [2.75, 3.05) is 6.54 Å². The van der Waals surface area contributed by atoms with Crippen LogP contribution in [0, 0.1) is 5.82 Å². The molecule has 1 aromatic heterocycles. The number of carbonyl (C=O) groups is 2. The molecule has 108 valence electrons. The monoisotopic (exact) mass is 334 g/mol. The number of nitrogens with one attached hydrogen (secondary N) is 1. The van der Waals surface area contributed by atoms with Gasteiger partial charge in [-0.1, -0.05) is 23.9 Å². The first-order chi connectivity index (χ1) is 9.97. The Kier molecular flexibility index (Phi) is 9.60. The molecule has 9 heteroatoms. The van der Waals surface area contributed by atoms with Gasteiger partial charge in [-0.2, -0.15) is 0 Å². The number of carbonyl (C=O) groups excluding carboxylic acids is 2. The molecule has 1 heterocycles. The molecule has 6 nitrogen and oxygen atoms in total. The van der Waals surface area contributed by atoms with Gasteiger partial charge in [-0.15, -0.1) is 0 Å². The first-order valence-electron chi connectivity index (χ1n) is 5.88. The van der Waals surface area contributed by atoms with Gasteiger partial charge in [0.05, 0.1) is 12.5 Å². The maximum absolute atomic E-state index is 13.1. The van der Waals surface area contributed by atoms with Gasteiger partial charge in [-0.25, -0.2) is 4.39 Å². The van der Waals surface area contributed by atoms with E-state index in [2.05, 4.69) is 4.98 Å². The van der Waals surface area contributed by atoms with E-state index in [1.807, 2.05) is 5.32 Å². The van der Waals surface area contributed by atoms with Crippen LogP contribution in [0.3, 0.4) is 0 Å².